The minimum absolute atomic E-state index is 0.365. The molecule has 2 nitrogen and oxygen atoms in total. The maximum atomic E-state index is 11.6. The van der Waals surface area contributed by atoms with Gasteiger partial charge in [-0.25, -0.2) is 8.99 Å². The van der Waals surface area contributed by atoms with Crippen LogP contribution in [-0.4, -0.2) is 9.96 Å². The van der Waals surface area contributed by atoms with Gasteiger partial charge >= 0.3 is 0 Å². The number of benzene rings is 1. The Kier molecular flexibility index (Phi) is 2.90. The number of nitrogens with one attached hydrogen (secondary N) is 1. The van der Waals surface area contributed by atoms with Crippen LogP contribution in [0.25, 0.3) is 0 Å². The van der Waals surface area contributed by atoms with Gasteiger partial charge in [0.2, 0.25) is 0 Å². The van der Waals surface area contributed by atoms with Gasteiger partial charge in [0.25, 0.3) is 0 Å². The second kappa shape index (κ2) is 3.58. The number of halogens is 1. The molecule has 0 amide bonds. The molecule has 0 spiro atoms. The van der Waals surface area contributed by atoms with Crippen LogP contribution >= 0.6 is 15.9 Å². The molecular weight excluding hydrogens is 238 g/mol. The van der Waals surface area contributed by atoms with Crippen molar-refractivity contribution in [1.82, 2.24) is 0 Å². The zero-order valence-corrected chi connectivity index (χ0v) is 9.11. The molecule has 0 aromatic heterocycles. The van der Waals surface area contributed by atoms with E-state index in [9.17, 15) is 4.21 Å². The summed E-state index contributed by atoms with van der Waals surface area (Å²) in [5, 5.41) is 0. The van der Waals surface area contributed by atoms with Crippen LogP contribution in [0.2, 0.25) is 0 Å². The van der Waals surface area contributed by atoms with Gasteiger partial charge in [-0.05, 0) is 18.2 Å². The fourth-order valence-corrected chi connectivity index (χ4v) is 2.34. The largest absolute Gasteiger partial charge is 0.249 e. The fourth-order valence-electron chi connectivity index (χ4n) is 0.839. The molecule has 0 aliphatic heterocycles. The lowest BCUT2D eigenvalue weighted by atomic mass is 10.4. The summed E-state index contributed by atoms with van der Waals surface area (Å²) in [6.45, 7) is 1.76. The molecule has 1 N–H and O–H groups in total. The van der Waals surface area contributed by atoms with Crippen LogP contribution in [0.3, 0.4) is 0 Å². The third kappa shape index (κ3) is 2.08. The molecule has 1 rings (SSSR count). The highest BCUT2D eigenvalue weighted by Gasteiger charge is 2.06. The van der Waals surface area contributed by atoms with E-state index in [-0.39, 0.29) is 0 Å². The van der Waals surface area contributed by atoms with Crippen molar-refractivity contribution in [2.24, 2.45) is 0 Å². The van der Waals surface area contributed by atoms with E-state index in [1.807, 2.05) is 6.07 Å². The summed E-state index contributed by atoms with van der Waals surface area (Å²) in [5.74, 6) is 0.365. The first-order chi connectivity index (χ1) is 5.56. The summed E-state index contributed by atoms with van der Waals surface area (Å²) in [6, 6.07) is 7.11. The molecule has 0 radical (unpaired) electrons. The predicted molar refractivity (Wildman–Crippen MR) is 53.8 cm³/mol. The van der Waals surface area contributed by atoms with E-state index < -0.39 is 9.73 Å². The van der Waals surface area contributed by atoms with E-state index in [1.54, 1.807) is 25.1 Å². The molecule has 1 atom stereocenters. The quantitative estimate of drug-likeness (QED) is 0.858. The molecule has 0 saturated carbocycles. The molecule has 0 saturated heterocycles. The Morgan fingerprint density at radius 2 is 2.25 bits per heavy atom. The molecule has 0 heterocycles. The lowest BCUT2D eigenvalue weighted by molar-refractivity contribution is 0.675. The second-order valence-electron chi connectivity index (χ2n) is 2.42. The standard InChI is InChI=1S/C8H10BrNOS/c1-2-12(10,11)8-5-3-4-7(9)6-8/h3-6,10H,2H2,1H3. The highest BCUT2D eigenvalue weighted by Crippen LogP contribution is 2.17. The molecule has 0 fully saturated rings. The van der Waals surface area contributed by atoms with Crippen LogP contribution in [0, 0.1) is 4.78 Å². The van der Waals surface area contributed by atoms with E-state index >= 15 is 0 Å². The maximum absolute atomic E-state index is 11.6. The Hall–Kier alpha value is -0.350. The zero-order chi connectivity index (χ0) is 9.19. The van der Waals surface area contributed by atoms with Crippen LogP contribution < -0.4 is 0 Å². The second-order valence-corrected chi connectivity index (χ2v) is 5.74. The topological polar surface area (TPSA) is 40.9 Å². The van der Waals surface area contributed by atoms with Crippen molar-refractivity contribution < 1.29 is 4.21 Å². The van der Waals surface area contributed by atoms with Gasteiger partial charge in [0, 0.05) is 15.1 Å². The molecule has 1 aromatic rings. The third-order valence-corrected chi connectivity index (χ3v) is 3.91. The molecule has 66 valence electrons. The smallest absolute Gasteiger partial charge is 0.0723 e. The predicted octanol–water partition coefficient (Wildman–Crippen LogP) is 2.87. The SMILES string of the molecule is CCS(=N)(=O)c1cccc(Br)c1. The zero-order valence-electron chi connectivity index (χ0n) is 6.71. The van der Waals surface area contributed by atoms with Gasteiger partial charge in [-0.1, -0.05) is 28.9 Å². The highest BCUT2D eigenvalue weighted by atomic mass is 79.9. The van der Waals surface area contributed by atoms with Crippen molar-refractivity contribution in [2.75, 3.05) is 5.75 Å². The van der Waals surface area contributed by atoms with Gasteiger partial charge in [0.05, 0.1) is 9.73 Å². The number of rotatable bonds is 2. The van der Waals surface area contributed by atoms with E-state index in [4.69, 9.17) is 4.78 Å². The van der Waals surface area contributed by atoms with Crippen molar-refractivity contribution in [1.29, 1.82) is 4.78 Å². The molecular formula is C8H10BrNOS. The van der Waals surface area contributed by atoms with E-state index in [1.165, 1.54) is 0 Å². The van der Waals surface area contributed by atoms with Crippen molar-refractivity contribution in [3.63, 3.8) is 0 Å². The monoisotopic (exact) mass is 247 g/mol. The Labute approximate surface area is 81.1 Å². The molecule has 4 heteroatoms. The number of hydrogen-bond donors (Lipinski definition) is 1. The van der Waals surface area contributed by atoms with Gasteiger partial charge in [0.1, 0.15) is 0 Å². The molecule has 1 aromatic carbocycles. The summed E-state index contributed by atoms with van der Waals surface area (Å²) >= 11 is 3.27. The Morgan fingerprint density at radius 1 is 1.58 bits per heavy atom. The van der Waals surface area contributed by atoms with Crippen molar-refractivity contribution >= 4 is 25.7 Å². The minimum Gasteiger partial charge on any atom is -0.249 e. The van der Waals surface area contributed by atoms with Crippen molar-refractivity contribution in [3.8, 4) is 0 Å². The first-order valence-electron chi connectivity index (χ1n) is 3.58. The van der Waals surface area contributed by atoms with Gasteiger partial charge < -0.3 is 0 Å². The normalized spacial score (nSPS) is 15.5. The van der Waals surface area contributed by atoms with Crippen molar-refractivity contribution in [2.45, 2.75) is 11.8 Å². The molecule has 0 bridgehead atoms. The van der Waals surface area contributed by atoms with Gasteiger partial charge in [-0.15, -0.1) is 0 Å². The fraction of sp³-hybridized carbons (Fsp3) is 0.250. The average Bonchev–Trinajstić information content (AvgIpc) is 2.05. The Bertz CT molecular complexity index is 372. The Balaban J connectivity index is 3.21. The molecule has 0 aliphatic carbocycles. The minimum atomic E-state index is -2.55. The number of hydrogen-bond acceptors (Lipinski definition) is 2. The third-order valence-electron chi connectivity index (χ3n) is 1.58. The first kappa shape index (κ1) is 9.74. The summed E-state index contributed by atoms with van der Waals surface area (Å²) in [6.07, 6.45) is 0. The molecule has 0 aliphatic rings. The lowest BCUT2D eigenvalue weighted by Crippen LogP contribution is -2.00. The van der Waals surface area contributed by atoms with Gasteiger partial charge in [-0.3, -0.25) is 0 Å². The van der Waals surface area contributed by atoms with Gasteiger partial charge in [-0.2, -0.15) is 0 Å². The highest BCUT2D eigenvalue weighted by molar-refractivity contribution is 9.10. The molecule has 1 unspecified atom stereocenters. The van der Waals surface area contributed by atoms with Crippen molar-refractivity contribution in [3.05, 3.63) is 28.7 Å². The summed E-state index contributed by atoms with van der Waals surface area (Å²) < 4.78 is 19.9. The summed E-state index contributed by atoms with van der Waals surface area (Å²) in [7, 11) is -2.55. The summed E-state index contributed by atoms with van der Waals surface area (Å²) in [4.78, 5) is 0.597. The van der Waals surface area contributed by atoms with E-state index in [2.05, 4.69) is 15.9 Å². The van der Waals surface area contributed by atoms with Gasteiger partial charge in [0.15, 0.2) is 0 Å². The lowest BCUT2D eigenvalue weighted by Gasteiger charge is -2.03. The van der Waals surface area contributed by atoms with E-state index in [0.717, 1.165) is 4.47 Å². The van der Waals surface area contributed by atoms with E-state index in [0.29, 0.717) is 10.6 Å². The first-order valence-corrected chi connectivity index (χ1v) is 6.10. The van der Waals surface area contributed by atoms with Crippen LogP contribution in [0.1, 0.15) is 6.92 Å². The maximum Gasteiger partial charge on any atom is 0.0723 e. The van der Waals surface area contributed by atoms with Crippen LogP contribution in [0.15, 0.2) is 33.6 Å². The van der Waals surface area contributed by atoms with Crippen LogP contribution in [0.5, 0.6) is 0 Å². The Morgan fingerprint density at radius 3 is 2.75 bits per heavy atom. The average molecular weight is 248 g/mol. The summed E-state index contributed by atoms with van der Waals surface area (Å²) in [5.41, 5.74) is 0. The molecule has 12 heavy (non-hydrogen) atoms. The van der Waals surface area contributed by atoms with Crippen LogP contribution in [-0.2, 0) is 9.73 Å². The van der Waals surface area contributed by atoms with Crippen LogP contribution in [0.4, 0.5) is 0 Å².